The topological polar surface area (TPSA) is 55.8 Å². The van der Waals surface area contributed by atoms with E-state index in [0.717, 1.165) is 38.7 Å². The molecule has 1 N–H and O–H groups in total. The second kappa shape index (κ2) is 8.13. The van der Waals surface area contributed by atoms with Gasteiger partial charge in [-0.15, -0.1) is 0 Å². The van der Waals surface area contributed by atoms with E-state index in [4.69, 9.17) is 9.47 Å². The van der Waals surface area contributed by atoms with E-state index < -0.39 is 0 Å². The molecule has 1 spiro atoms. The van der Waals surface area contributed by atoms with E-state index in [1.165, 1.54) is 18.4 Å². The number of aliphatic hydroxyl groups excluding tert-OH is 1. The fourth-order valence-electron chi connectivity index (χ4n) is 9.41. The summed E-state index contributed by atoms with van der Waals surface area (Å²) in [5.74, 6) is 2.43. The zero-order valence-electron chi connectivity index (χ0n) is 20.3. The molecule has 9 unspecified atom stereocenters. The molecule has 32 heavy (non-hydrogen) atoms. The number of carbonyl (C=O) groups is 1. The Morgan fingerprint density at radius 3 is 2.56 bits per heavy atom. The van der Waals surface area contributed by atoms with Crippen LogP contribution in [0.5, 0.6) is 0 Å². The second-order valence-corrected chi connectivity index (χ2v) is 12.6. The fraction of sp³-hybridized carbons (Fsp3) is 0.889. The maximum atomic E-state index is 13.5. The molecule has 0 amide bonds. The Hall–Kier alpha value is 0.732. The number of ether oxygens (including phenoxy) is 2. The van der Waals surface area contributed by atoms with Gasteiger partial charge in [0, 0.05) is 62.3 Å². The predicted octanol–water partition coefficient (Wildman–Crippen LogP) is 4.89. The molecule has 3 saturated carbocycles. The van der Waals surface area contributed by atoms with Crippen LogP contribution < -0.4 is 0 Å². The smallest absolute Gasteiger partial charge is 0.171 e. The van der Waals surface area contributed by atoms with Crippen LogP contribution in [-0.2, 0) is 14.3 Å². The van der Waals surface area contributed by atoms with Crippen molar-refractivity contribution in [2.75, 3.05) is 6.61 Å². The van der Waals surface area contributed by atoms with Crippen molar-refractivity contribution in [3.63, 3.8) is 0 Å². The van der Waals surface area contributed by atoms with Crippen LogP contribution in [0.25, 0.3) is 0 Å². The minimum Gasteiger partial charge on any atom is -0.393 e. The monoisotopic (exact) mass is 655 g/mol. The Kier molecular flexibility index (Phi) is 6.20. The van der Waals surface area contributed by atoms with E-state index in [1.807, 2.05) is 6.08 Å². The van der Waals surface area contributed by atoms with Gasteiger partial charge in [-0.25, -0.2) is 0 Å². The van der Waals surface area contributed by atoms with E-state index >= 15 is 0 Å². The molecule has 5 heteroatoms. The third-order valence-corrected chi connectivity index (χ3v) is 11.2. The molecule has 2 saturated heterocycles. The molecule has 2 aliphatic heterocycles. The van der Waals surface area contributed by atoms with Crippen molar-refractivity contribution in [2.24, 2.45) is 46.3 Å². The molecule has 4 nitrogen and oxygen atoms in total. The van der Waals surface area contributed by atoms with Crippen molar-refractivity contribution in [3.8, 4) is 0 Å². The Balaban J connectivity index is 0.00000216. The number of fused-ring (bicyclic) bond motifs is 7. The van der Waals surface area contributed by atoms with Gasteiger partial charge in [-0.05, 0) is 85.5 Å². The fourth-order valence-corrected chi connectivity index (χ4v) is 9.41. The molecule has 0 aromatic rings. The van der Waals surface area contributed by atoms with E-state index in [9.17, 15) is 9.90 Å². The van der Waals surface area contributed by atoms with Crippen molar-refractivity contribution in [1.82, 2.24) is 0 Å². The van der Waals surface area contributed by atoms with Crippen molar-refractivity contribution in [2.45, 2.75) is 97.1 Å². The third kappa shape index (κ3) is 3.23. The van der Waals surface area contributed by atoms with Crippen LogP contribution >= 0.6 is 0 Å². The van der Waals surface area contributed by atoms with Gasteiger partial charge in [0.15, 0.2) is 11.6 Å². The summed E-state index contributed by atoms with van der Waals surface area (Å²) in [4.78, 5) is 13.5. The van der Waals surface area contributed by atoms with E-state index in [-0.39, 0.29) is 78.8 Å². The van der Waals surface area contributed by atoms with E-state index in [0.29, 0.717) is 41.8 Å². The summed E-state index contributed by atoms with van der Waals surface area (Å²) in [6.07, 6.45) is 10.0. The number of hydrogen-bond donors (Lipinski definition) is 1. The summed E-state index contributed by atoms with van der Waals surface area (Å²) in [5.41, 5.74) is 1.48. The molecule has 0 aromatic carbocycles. The zero-order valence-corrected chi connectivity index (χ0v) is 25.1. The molecule has 4 aliphatic carbocycles. The van der Waals surface area contributed by atoms with Crippen molar-refractivity contribution in [1.29, 1.82) is 0 Å². The first-order chi connectivity index (χ1) is 14.7. The largest absolute Gasteiger partial charge is 0.393 e. The molecule has 1 radical (unpaired) electrons. The summed E-state index contributed by atoms with van der Waals surface area (Å²) in [5, 5.41) is 10.2. The van der Waals surface area contributed by atoms with Crippen LogP contribution in [0.15, 0.2) is 11.6 Å². The SMILES string of the molecule is CC1CCC2(OC1)OC1CC3C4C(=O)C=C5CC(O)CC[C@]5(C)C4CC[C@]3(C)C1C2C.[Ac]. The Morgan fingerprint density at radius 1 is 1.06 bits per heavy atom. The van der Waals surface area contributed by atoms with Gasteiger partial charge in [-0.1, -0.05) is 33.3 Å². The maximum Gasteiger partial charge on any atom is 0.171 e. The van der Waals surface area contributed by atoms with Crippen LogP contribution in [0.2, 0.25) is 0 Å². The van der Waals surface area contributed by atoms with Gasteiger partial charge in [0.25, 0.3) is 0 Å². The molecule has 175 valence electrons. The van der Waals surface area contributed by atoms with Gasteiger partial charge in [0.1, 0.15) is 0 Å². The molecule has 6 rings (SSSR count). The minimum absolute atomic E-state index is 0. The van der Waals surface area contributed by atoms with Crippen molar-refractivity contribution >= 4 is 5.78 Å². The second-order valence-electron chi connectivity index (χ2n) is 12.6. The zero-order chi connectivity index (χ0) is 21.8. The summed E-state index contributed by atoms with van der Waals surface area (Å²) in [7, 11) is 0. The molecule has 6 aliphatic rings. The Labute approximate surface area is 229 Å². The van der Waals surface area contributed by atoms with Gasteiger partial charge in [0.2, 0.25) is 0 Å². The average molecular weight is 656 g/mol. The molecule has 0 aromatic heterocycles. The minimum atomic E-state index is -0.387. The summed E-state index contributed by atoms with van der Waals surface area (Å²) in [6, 6.07) is 0. The third-order valence-electron chi connectivity index (χ3n) is 11.2. The molecule has 11 atom stereocenters. The van der Waals surface area contributed by atoms with Crippen LogP contribution in [0.3, 0.4) is 0 Å². The summed E-state index contributed by atoms with van der Waals surface area (Å²) in [6.45, 7) is 10.3. The number of hydrogen-bond acceptors (Lipinski definition) is 4. The van der Waals surface area contributed by atoms with Gasteiger partial charge >= 0.3 is 0 Å². The first kappa shape index (κ1) is 24.4. The van der Waals surface area contributed by atoms with Crippen LogP contribution in [-0.4, -0.2) is 35.5 Å². The van der Waals surface area contributed by atoms with Crippen molar-refractivity contribution < 1.29 is 63.4 Å². The molecule has 5 fully saturated rings. The summed E-state index contributed by atoms with van der Waals surface area (Å²) >= 11 is 0. The number of rotatable bonds is 0. The van der Waals surface area contributed by atoms with E-state index in [2.05, 4.69) is 27.7 Å². The normalized spacial score (nSPS) is 56.5. The number of ketones is 1. The standard InChI is InChI=1S/C27H40O4.Ac/c1-15-5-10-27(30-14-15)16(2)24-22(31-27)13-20-23-19(7-9-26(20,24)4)25(3)8-6-18(28)11-17(25)12-21(23)29;/h12,15-16,18-20,22-24,28H,5-11,13-14H2,1-4H3;/t15?,16?,18?,19?,20?,22?,23?,24?,25-,26-,27?;/m0./s1. The molecular weight excluding hydrogens is 615 g/mol. The predicted molar refractivity (Wildman–Crippen MR) is 118 cm³/mol. The van der Waals surface area contributed by atoms with Gasteiger partial charge in [-0.3, -0.25) is 4.79 Å². The number of aliphatic hydroxyl groups is 1. The first-order valence-electron chi connectivity index (χ1n) is 12.9. The summed E-state index contributed by atoms with van der Waals surface area (Å²) < 4.78 is 13.2. The number of carbonyl (C=O) groups excluding carboxylic acids is 1. The maximum absolute atomic E-state index is 13.5. The van der Waals surface area contributed by atoms with Gasteiger partial charge in [-0.2, -0.15) is 0 Å². The molecule has 2 heterocycles. The van der Waals surface area contributed by atoms with Crippen LogP contribution in [0, 0.1) is 90.4 Å². The van der Waals surface area contributed by atoms with E-state index in [1.54, 1.807) is 0 Å². The Bertz CT molecular complexity index is 816. The molecule has 0 bridgehead atoms. The first-order valence-corrected chi connectivity index (χ1v) is 12.9. The Morgan fingerprint density at radius 2 is 1.84 bits per heavy atom. The van der Waals surface area contributed by atoms with Gasteiger partial charge < -0.3 is 14.6 Å². The average Bonchev–Trinajstić information content (AvgIpc) is 3.16. The number of allylic oxidation sites excluding steroid dienone is 1. The molecular formula is C27H40AcO4. The van der Waals surface area contributed by atoms with Crippen molar-refractivity contribution in [3.05, 3.63) is 11.6 Å². The van der Waals surface area contributed by atoms with Gasteiger partial charge in [0.05, 0.1) is 18.8 Å². The quantitative estimate of drug-likeness (QED) is 0.404. The van der Waals surface area contributed by atoms with Crippen LogP contribution in [0.4, 0.5) is 0 Å². The van der Waals surface area contributed by atoms with Crippen LogP contribution in [0.1, 0.15) is 79.1 Å².